The zero-order valence-corrected chi connectivity index (χ0v) is 16.0. The van der Waals surface area contributed by atoms with Crippen LogP contribution in [0.15, 0.2) is 48.5 Å². The van der Waals surface area contributed by atoms with E-state index in [0.29, 0.717) is 6.61 Å². The third-order valence-electron chi connectivity index (χ3n) is 5.02. The first-order valence-corrected chi connectivity index (χ1v) is 9.50. The maximum absolute atomic E-state index is 6.16. The Morgan fingerprint density at radius 1 is 0.923 bits per heavy atom. The van der Waals surface area contributed by atoms with Crippen LogP contribution in [0.3, 0.4) is 0 Å². The van der Waals surface area contributed by atoms with Gasteiger partial charge >= 0.3 is 0 Å². The number of piperazine rings is 1. The van der Waals surface area contributed by atoms with E-state index in [1.165, 1.54) is 37.3 Å². The maximum Gasteiger partial charge on any atom is 0.164 e. The highest BCUT2D eigenvalue weighted by molar-refractivity contribution is 5.46. The zero-order chi connectivity index (χ0) is 18.2. The molecule has 0 saturated carbocycles. The van der Waals surface area contributed by atoms with E-state index in [4.69, 9.17) is 9.47 Å². The lowest BCUT2D eigenvalue weighted by atomic mass is 10.1. The van der Waals surface area contributed by atoms with Gasteiger partial charge in [-0.2, -0.15) is 0 Å². The second-order valence-corrected chi connectivity index (χ2v) is 6.97. The van der Waals surface area contributed by atoms with E-state index in [0.717, 1.165) is 30.9 Å². The number of hydrogen-bond acceptors (Lipinski definition) is 4. The highest BCUT2D eigenvalue weighted by atomic mass is 16.5. The van der Waals surface area contributed by atoms with Crippen LogP contribution in [0, 0.1) is 0 Å². The number of hydrogen-bond donors (Lipinski definition) is 0. The van der Waals surface area contributed by atoms with E-state index >= 15 is 0 Å². The highest BCUT2D eigenvalue weighted by Gasteiger charge is 2.15. The molecule has 26 heavy (non-hydrogen) atoms. The van der Waals surface area contributed by atoms with Crippen molar-refractivity contribution in [2.45, 2.75) is 19.4 Å². The summed E-state index contributed by atoms with van der Waals surface area (Å²) in [4.78, 5) is 4.96. The van der Waals surface area contributed by atoms with Crippen LogP contribution in [-0.2, 0) is 13.0 Å². The van der Waals surface area contributed by atoms with Crippen molar-refractivity contribution in [3.05, 3.63) is 59.7 Å². The van der Waals surface area contributed by atoms with Gasteiger partial charge in [0.2, 0.25) is 0 Å². The molecular formula is C22H30N2O2. The number of methoxy groups -OCH3 is 1. The van der Waals surface area contributed by atoms with Crippen LogP contribution in [-0.4, -0.2) is 56.7 Å². The summed E-state index contributed by atoms with van der Waals surface area (Å²) in [6, 6.07) is 16.5. The smallest absolute Gasteiger partial charge is 0.164 e. The first-order valence-electron chi connectivity index (χ1n) is 9.50. The summed E-state index contributed by atoms with van der Waals surface area (Å²) in [7, 11) is 3.91. The van der Waals surface area contributed by atoms with Crippen LogP contribution in [0.2, 0.25) is 0 Å². The van der Waals surface area contributed by atoms with E-state index in [2.05, 4.69) is 41.1 Å². The Labute approximate surface area is 157 Å². The van der Waals surface area contributed by atoms with Crippen LogP contribution < -0.4 is 9.47 Å². The monoisotopic (exact) mass is 354 g/mol. The molecule has 1 fully saturated rings. The van der Waals surface area contributed by atoms with E-state index in [-0.39, 0.29) is 0 Å². The Kier molecular flexibility index (Phi) is 6.92. The molecular weight excluding hydrogens is 324 g/mol. The molecule has 1 aliphatic rings. The molecule has 1 saturated heterocycles. The van der Waals surface area contributed by atoms with Gasteiger partial charge in [-0.3, -0.25) is 0 Å². The molecule has 0 N–H and O–H groups in total. The fourth-order valence-corrected chi connectivity index (χ4v) is 3.38. The lowest BCUT2D eigenvalue weighted by Gasteiger charge is -2.32. The van der Waals surface area contributed by atoms with Crippen LogP contribution in [0.1, 0.15) is 17.5 Å². The number of nitrogens with zero attached hydrogens (tertiary/aromatic N) is 2. The third kappa shape index (κ3) is 5.23. The molecule has 0 aliphatic carbocycles. The fraction of sp³-hybridized carbons (Fsp3) is 0.455. The molecule has 4 nitrogen and oxygen atoms in total. The van der Waals surface area contributed by atoms with Gasteiger partial charge in [-0.25, -0.2) is 0 Å². The van der Waals surface area contributed by atoms with E-state index in [1.807, 2.05) is 24.3 Å². The van der Waals surface area contributed by atoms with Crippen molar-refractivity contribution in [3.63, 3.8) is 0 Å². The number of para-hydroxylation sites is 1. The molecule has 4 heteroatoms. The van der Waals surface area contributed by atoms with Crippen molar-refractivity contribution in [2.24, 2.45) is 0 Å². The molecule has 0 unspecified atom stereocenters. The van der Waals surface area contributed by atoms with Gasteiger partial charge < -0.3 is 19.3 Å². The van der Waals surface area contributed by atoms with E-state index in [9.17, 15) is 0 Å². The molecule has 0 spiro atoms. The summed E-state index contributed by atoms with van der Waals surface area (Å²) in [5, 5.41) is 0. The first-order chi connectivity index (χ1) is 12.8. The molecule has 0 aromatic heterocycles. The molecule has 2 aromatic carbocycles. The number of aryl methyl sites for hydroxylation is 1. The predicted molar refractivity (Wildman–Crippen MR) is 106 cm³/mol. The average molecular weight is 354 g/mol. The summed E-state index contributed by atoms with van der Waals surface area (Å²) in [6.07, 6.45) is 2.15. The second-order valence-electron chi connectivity index (χ2n) is 6.97. The van der Waals surface area contributed by atoms with E-state index < -0.39 is 0 Å². The van der Waals surface area contributed by atoms with Crippen molar-refractivity contribution in [1.82, 2.24) is 9.80 Å². The number of ether oxygens (including phenoxy) is 2. The van der Waals surface area contributed by atoms with Crippen molar-refractivity contribution >= 4 is 0 Å². The third-order valence-corrected chi connectivity index (χ3v) is 5.02. The lowest BCUT2D eigenvalue weighted by Crippen LogP contribution is -2.44. The van der Waals surface area contributed by atoms with Gasteiger partial charge in [0, 0.05) is 26.2 Å². The maximum atomic E-state index is 6.16. The number of likely N-dealkylation sites (N-methyl/N-ethyl adjacent to an activating group) is 1. The largest absolute Gasteiger partial charge is 0.493 e. The minimum Gasteiger partial charge on any atom is -0.493 e. The van der Waals surface area contributed by atoms with Gasteiger partial charge in [0.15, 0.2) is 11.5 Å². The second kappa shape index (κ2) is 9.60. The summed E-state index contributed by atoms with van der Waals surface area (Å²) in [5.74, 6) is 1.70. The van der Waals surface area contributed by atoms with Crippen molar-refractivity contribution in [1.29, 1.82) is 0 Å². The summed E-state index contributed by atoms with van der Waals surface area (Å²) in [5.41, 5.74) is 2.40. The molecule has 0 atom stereocenters. The Hall–Kier alpha value is -2.04. The van der Waals surface area contributed by atoms with Crippen LogP contribution >= 0.6 is 0 Å². The van der Waals surface area contributed by atoms with Crippen LogP contribution in [0.25, 0.3) is 0 Å². The Bertz CT molecular complexity index is 667. The van der Waals surface area contributed by atoms with Crippen molar-refractivity contribution < 1.29 is 9.47 Å². The number of rotatable bonds is 8. The van der Waals surface area contributed by atoms with Gasteiger partial charge in [-0.05, 0) is 43.6 Å². The Morgan fingerprint density at radius 2 is 1.69 bits per heavy atom. The predicted octanol–water partition coefficient (Wildman–Crippen LogP) is 3.45. The van der Waals surface area contributed by atoms with Crippen LogP contribution in [0.4, 0.5) is 0 Å². The molecule has 1 aliphatic heterocycles. The van der Waals surface area contributed by atoms with Gasteiger partial charge in [0.05, 0.1) is 7.11 Å². The summed E-state index contributed by atoms with van der Waals surface area (Å²) < 4.78 is 11.7. The van der Waals surface area contributed by atoms with Gasteiger partial charge in [0.1, 0.15) is 6.61 Å². The molecule has 3 rings (SSSR count). The molecule has 0 bridgehead atoms. The quantitative estimate of drug-likeness (QED) is 0.725. The van der Waals surface area contributed by atoms with Gasteiger partial charge in [-0.1, -0.05) is 42.5 Å². The Balaban J connectivity index is 1.59. The fourth-order valence-electron chi connectivity index (χ4n) is 3.38. The number of benzene rings is 2. The molecule has 140 valence electrons. The van der Waals surface area contributed by atoms with E-state index in [1.54, 1.807) is 7.11 Å². The normalized spacial score (nSPS) is 15.8. The summed E-state index contributed by atoms with van der Waals surface area (Å²) >= 11 is 0. The van der Waals surface area contributed by atoms with Gasteiger partial charge in [0.25, 0.3) is 0 Å². The Morgan fingerprint density at radius 3 is 2.42 bits per heavy atom. The molecule has 1 heterocycles. The highest BCUT2D eigenvalue weighted by Crippen LogP contribution is 2.32. The lowest BCUT2D eigenvalue weighted by molar-refractivity contribution is 0.153. The van der Waals surface area contributed by atoms with Crippen molar-refractivity contribution in [3.8, 4) is 11.5 Å². The first kappa shape index (κ1) is 18.7. The SMILES string of the molecule is COc1cccc(CCCN2CCN(C)CC2)c1OCc1ccccc1. The molecule has 0 radical (unpaired) electrons. The molecule has 0 amide bonds. The minimum absolute atomic E-state index is 0.562. The van der Waals surface area contributed by atoms with Crippen molar-refractivity contribution in [2.75, 3.05) is 46.9 Å². The van der Waals surface area contributed by atoms with Crippen LogP contribution in [0.5, 0.6) is 11.5 Å². The minimum atomic E-state index is 0.562. The van der Waals surface area contributed by atoms with Gasteiger partial charge in [-0.15, -0.1) is 0 Å². The topological polar surface area (TPSA) is 24.9 Å². The average Bonchev–Trinajstić information content (AvgIpc) is 2.69. The summed E-state index contributed by atoms with van der Waals surface area (Å²) in [6.45, 7) is 6.39. The zero-order valence-electron chi connectivity index (χ0n) is 16.0. The standard InChI is InChI=1S/C22H30N2O2/c1-23-14-16-24(17-15-23)13-7-11-20-10-6-12-21(25-2)22(20)26-18-19-8-4-3-5-9-19/h3-6,8-10,12H,7,11,13-18H2,1-2H3. The molecule has 2 aromatic rings.